The molecule has 0 saturated carbocycles. The summed E-state index contributed by atoms with van der Waals surface area (Å²) in [6.45, 7) is 3.88. The highest BCUT2D eigenvalue weighted by atomic mass is 16.4. The lowest BCUT2D eigenvalue weighted by atomic mass is 9.96. The average Bonchev–Trinajstić information content (AvgIpc) is 3.09. The first kappa shape index (κ1) is 41.2. The van der Waals surface area contributed by atoms with E-state index in [1.54, 1.807) is 37.3 Å². The number of phenols is 1. The van der Waals surface area contributed by atoms with E-state index < -0.39 is 71.7 Å². The van der Waals surface area contributed by atoms with Gasteiger partial charge in [-0.25, -0.2) is 4.79 Å². The zero-order chi connectivity index (χ0) is 37.2. The monoisotopic (exact) mass is 698 g/mol. The zero-order valence-corrected chi connectivity index (χ0v) is 28.5. The van der Waals surface area contributed by atoms with Crippen LogP contribution in [0, 0.1) is 5.92 Å². The van der Waals surface area contributed by atoms with Gasteiger partial charge in [-0.2, -0.15) is 0 Å². The number of carbonyl (C=O) groups is 6. The summed E-state index contributed by atoms with van der Waals surface area (Å²) < 4.78 is 0. The normalized spacial score (nSPS) is 14.6. The lowest BCUT2D eigenvalue weighted by Crippen LogP contribution is -2.60. The standard InChI is InChI=1S/C35H50N6O9/c1-3-21(2)30(41-33(47)27(19-22-9-5-4-6-10-22)39-31(45)25(37)16-17-29(43)44)34(48)38-26(11-7-8-18-36)32(46)40-28(35(49)50)20-23-12-14-24(42)15-13-23/h4-6,9-10,12-15,21,25-28,30,42H,3,7-8,11,16-20,36-37H2,1-2H3,(H,38,48)(H,39,45)(H,40,46)(H,41,47)(H,43,44)(H,49,50)/t21-,25-,26-,27-,28-,30-/m0/s1. The molecule has 0 saturated heterocycles. The highest BCUT2D eigenvalue weighted by Crippen LogP contribution is 2.14. The number of rotatable bonds is 22. The molecule has 50 heavy (non-hydrogen) atoms. The van der Waals surface area contributed by atoms with Crippen LogP contribution in [0.3, 0.4) is 0 Å². The van der Waals surface area contributed by atoms with Crippen molar-refractivity contribution >= 4 is 35.6 Å². The summed E-state index contributed by atoms with van der Waals surface area (Å²) in [5.41, 5.74) is 12.8. The number of nitrogens with two attached hydrogens (primary N) is 2. The van der Waals surface area contributed by atoms with Crippen LogP contribution in [0.5, 0.6) is 5.75 Å². The molecule has 0 radical (unpaired) electrons. The number of amides is 4. The molecule has 6 atom stereocenters. The number of aliphatic carboxylic acids is 2. The third kappa shape index (κ3) is 14.2. The fourth-order valence-electron chi connectivity index (χ4n) is 5.07. The number of hydrogen-bond donors (Lipinski definition) is 9. The van der Waals surface area contributed by atoms with Gasteiger partial charge >= 0.3 is 11.9 Å². The Hall–Kier alpha value is -5.02. The predicted octanol–water partition coefficient (Wildman–Crippen LogP) is 0.568. The van der Waals surface area contributed by atoms with Crippen molar-refractivity contribution in [2.24, 2.45) is 17.4 Å². The van der Waals surface area contributed by atoms with Crippen molar-refractivity contribution in [3.63, 3.8) is 0 Å². The van der Waals surface area contributed by atoms with Gasteiger partial charge in [-0.1, -0.05) is 62.7 Å². The second-order valence-corrected chi connectivity index (χ2v) is 12.3. The summed E-state index contributed by atoms with van der Waals surface area (Å²) in [7, 11) is 0. The molecule has 0 heterocycles. The molecular weight excluding hydrogens is 648 g/mol. The number of hydrogen-bond acceptors (Lipinski definition) is 9. The maximum Gasteiger partial charge on any atom is 0.326 e. The summed E-state index contributed by atoms with van der Waals surface area (Å²) >= 11 is 0. The Labute approximate surface area is 291 Å². The molecule has 0 aliphatic heterocycles. The smallest absolute Gasteiger partial charge is 0.326 e. The quantitative estimate of drug-likeness (QED) is 0.0768. The zero-order valence-electron chi connectivity index (χ0n) is 28.5. The van der Waals surface area contributed by atoms with Crippen LogP contribution in [0.15, 0.2) is 54.6 Å². The molecule has 2 rings (SSSR count). The van der Waals surface area contributed by atoms with Gasteiger partial charge in [0.2, 0.25) is 23.6 Å². The summed E-state index contributed by atoms with van der Waals surface area (Å²) in [6, 6.07) is 8.67. The van der Waals surface area contributed by atoms with Gasteiger partial charge in [0.05, 0.1) is 6.04 Å². The van der Waals surface area contributed by atoms with E-state index in [0.717, 1.165) is 0 Å². The first-order valence-electron chi connectivity index (χ1n) is 16.7. The molecular formula is C35H50N6O9. The molecule has 0 fully saturated rings. The van der Waals surface area contributed by atoms with Crippen LogP contribution in [0.4, 0.5) is 0 Å². The van der Waals surface area contributed by atoms with Crippen molar-refractivity contribution in [2.45, 2.75) is 95.4 Å². The largest absolute Gasteiger partial charge is 0.508 e. The molecule has 0 aliphatic carbocycles. The molecule has 2 aromatic rings. The number of phenolic OH excluding ortho intramolecular Hbond substituents is 1. The van der Waals surface area contributed by atoms with Crippen LogP contribution in [0.2, 0.25) is 0 Å². The molecule has 0 unspecified atom stereocenters. The van der Waals surface area contributed by atoms with Crippen LogP contribution in [0.1, 0.15) is 63.5 Å². The van der Waals surface area contributed by atoms with Crippen LogP contribution in [-0.2, 0) is 41.6 Å². The Morgan fingerprint density at radius 2 is 1.26 bits per heavy atom. The van der Waals surface area contributed by atoms with Crippen LogP contribution >= 0.6 is 0 Å². The second kappa shape index (κ2) is 21.1. The summed E-state index contributed by atoms with van der Waals surface area (Å²) in [4.78, 5) is 76.9. The molecule has 4 amide bonds. The Morgan fingerprint density at radius 1 is 0.700 bits per heavy atom. The molecule has 0 aromatic heterocycles. The topological polar surface area (TPSA) is 263 Å². The van der Waals surface area contributed by atoms with Gasteiger partial charge in [-0.3, -0.25) is 24.0 Å². The molecule has 11 N–H and O–H groups in total. The molecule has 0 bridgehead atoms. The van der Waals surface area contributed by atoms with Crippen molar-refractivity contribution in [1.29, 1.82) is 0 Å². The molecule has 0 spiro atoms. The maximum atomic E-state index is 13.8. The number of benzene rings is 2. The minimum atomic E-state index is -1.34. The first-order chi connectivity index (χ1) is 23.7. The van der Waals surface area contributed by atoms with Crippen molar-refractivity contribution in [3.8, 4) is 5.75 Å². The Morgan fingerprint density at radius 3 is 1.84 bits per heavy atom. The van der Waals surface area contributed by atoms with Gasteiger partial charge < -0.3 is 48.1 Å². The van der Waals surface area contributed by atoms with E-state index in [1.807, 2.05) is 6.92 Å². The van der Waals surface area contributed by atoms with Crippen LogP contribution < -0.4 is 32.7 Å². The number of carboxylic acid groups (broad SMARTS) is 2. The fourth-order valence-corrected chi connectivity index (χ4v) is 5.07. The number of aromatic hydroxyl groups is 1. The average molecular weight is 699 g/mol. The van der Waals surface area contributed by atoms with Crippen LogP contribution in [0.25, 0.3) is 0 Å². The maximum absolute atomic E-state index is 13.8. The van der Waals surface area contributed by atoms with Crippen LogP contribution in [-0.4, -0.2) is 87.6 Å². The van der Waals surface area contributed by atoms with Gasteiger partial charge in [0.15, 0.2) is 0 Å². The minimum Gasteiger partial charge on any atom is -0.508 e. The van der Waals surface area contributed by atoms with Crippen molar-refractivity contribution in [1.82, 2.24) is 21.3 Å². The van der Waals surface area contributed by atoms with E-state index in [4.69, 9.17) is 16.6 Å². The third-order valence-electron chi connectivity index (χ3n) is 8.29. The lowest BCUT2D eigenvalue weighted by Gasteiger charge is -2.29. The molecule has 15 nitrogen and oxygen atoms in total. The van der Waals surface area contributed by atoms with Crippen molar-refractivity contribution in [3.05, 3.63) is 65.7 Å². The van der Waals surface area contributed by atoms with Crippen molar-refractivity contribution < 1.29 is 44.1 Å². The number of nitrogens with one attached hydrogen (secondary N) is 4. The van der Waals surface area contributed by atoms with Gasteiger partial charge in [-0.05, 0) is 61.4 Å². The minimum absolute atomic E-state index is 0.00312. The van der Waals surface area contributed by atoms with Crippen molar-refractivity contribution in [2.75, 3.05) is 6.54 Å². The molecule has 2 aromatic carbocycles. The van der Waals surface area contributed by atoms with Gasteiger partial charge in [0.25, 0.3) is 0 Å². The SMILES string of the molecule is CC[C@H](C)[C@H](NC(=O)[C@H](Cc1ccccc1)NC(=O)[C@@H](N)CCC(=O)O)C(=O)N[C@@H](CCCCN)C(=O)N[C@@H](Cc1ccc(O)cc1)C(=O)O. The second-order valence-electron chi connectivity index (χ2n) is 12.3. The number of carboxylic acids is 2. The third-order valence-corrected chi connectivity index (χ3v) is 8.29. The van der Waals surface area contributed by atoms with Gasteiger partial charge in [-0.15, -0.1) is 0 Å². The van der Waals surface area contributed by atoms with E-state index in [0.29, 0.717) is 36.9 Å². The number of carbonyl (C=O) groups excluding carboxylic acids is 4. The summed E-state index contributed by atoms with van der Waals surface area (Å²) in [5, 5.41) is 38.9. The molecule has 274 valence electrons. The fraction of sp³-hybridized carbons (Fsp3) is 0.486. The Balaban J connectivity index is 2.28. The summed E-state index contributed by atoms with van der Waals surface area (Å²) in [5.74, 6) is -5.70. The first-order valence-corrected chi connectivity index (χ1v) is 16.7. The van der Waals surface area contributed by atoms with E-state index in [2.05, 4.69) is 21.3 Å². The van der Waals surface area contributed by atoms with Gasteiger partial charge in [0, 0.05) is 19.3 Å². The van der Waals surface area contributed by atoms with E-state index in [-0.39, 0.29) is 37.9 Å². The van der Waals surface area contributed by atoms with E-state index in [1.165, 1.54) is 24.3 Å². The predicted molar refractivity (Wildman–Crippen MR) is 185 cm³/mol. The Bertz CT molecular complexity index is 1420. The van der Waals surface area contributed by atoms with E-state index >= 15 is 0 Å². The molecule has 0 aliphatic rings. The Kier molecular flexibility index (Phi) is 17.4. The summed E-state index contributed by atoms with van der Waals surface area (Å²) in [6.07, 6.45) is 1.04. The lowest BCUT2D eigenvalue weighted by molar-refractivity contribution is -0.142. The molecule has 15 heteroatoms. The highest BCUT2D eigenvalue weighted by Gasteiger charge is 2.34. The van der Waals surface area contributed by atoms with E-state index in [9.17, 15) is 39.0 Å². The van der Waals surface area contributed by atoms with Gasteiger partial charge in [0.1, 0.15) is 29.9 Å². The highest BCUT2D eigenvalue weighted by molar-refractivity contribution is 5.95. The number of unbranched alkanes of at least 4 members (excludes halogenated alkanes) is 1.